The molecule has 0 saturated heterocycles. The molecule has 2 N–H and O–H groups in total. The fourth-order valence-electron chi connectivity index (χ4n) is 1.29. The van der Waals surface area contributed by atoms with Crippen LogP contribution >= 0.6 is 27.7 Å². The minimum atomic E-state index is -0.261. The summed E-state index contributed by atoms with van der Waals surface area (Å²) in [7, 11) is 0. The maximum atomic E-state index is 13.7. The van der Waals surface area contributed by atoms with Crippen molar-refractivity contribution in [2.75, 3.05) is 0 Å². The van der Waals surface area contributed by atoms with Gasteiger partial charge in [0.15, 0.2) is 0 Å². The summed E-state index contributed by atoms with van der Waals surface area (Å²) in [4.78, 5) is 4.73. The van der Waals surface area contributed by atoms with Gasteiger partial charge < -0.3 is 5.73 Å². The Morgan fingerprint density at radius 3 is 2.71 bits per heavy atom. The van der Waals surface area contributed by atoms with Gasteiger partial charge in [-0.2, -0.15) is 0 Å². The van der Waals surface area contributed by atoms with Crippen molar-refractivity contribution >= 4 is 27.7 Å². The van der Waals surface area contributed by atoms with Gasteiger partial charge in [0, 0.05) is 22.1 Å². The molecule has 2 aromatic rings. The van der Waals surface area contributed by atoms with E-state index in [0.717, 1.165) is 15.1 Å². The highest BCUT2D eigenvalue weighted by molar-refractivity contribution is 9.10. The van der Waals surface area contributed by atoms with Crippen molar-refractivity contribution in [1.29, 1.82) is 0 Å². The average Bonchev–Trinajstić information content (AvgIpc) is 2.34. The van der Waals surface area contributed by atoms with Gasteiger partial charge in [0.1, 0.15) is 10.8 Å². The second-order valence-corrected chi connectivity index (χ2v) is 5.36. The highest BCUT2D eigenvalue weighted by atomic mass is 79.9. The zero-order valence-corrected chi connectivity index (χ0v) is 11.3. The summed E-state index contributed by atoms with van der Waals surface area (Å²) in [5, 5.41) is 0.757. The lowest BCUT2D eigenvalue weighted by Crippen LogP contribution is -1.97. The van der Waals surface area contributed by atoms with Crippen LogP contribution in [0.5, 0.6) is 0 Å². The van der Waals surface area contributed by atoms with Crippen molar-refractivity contribution in [1.82, 2.24) is 4.98 Å². The smallest absolute Gasteiger partial charge is 0.137 e. The lowest BCUT2D eigenvalue weighted by molar-refractivity contribution is 0.599. The topological polar surface area (TPSA) is 38.9 Å². The molecule has 0 aliphatic rings. The maximum Gasteiger partial charge on any atom is 0.137 e. The Kier molecular flexibility index (Phi) is 4.15. The molecule has 17 heavy (non-hydrogen) atoms. The molecule has 0 aliphatic carbocycles. The van der Waals surface area contributed by atoms with Gasteiger partial charge in [-0.05, 0) is 45.8 Å². The molecule has 1 aromatic carbocycles. The summed E-state index contributed by atoms with van der Waals surface area (Å²) in [5.74, 6) is -0.261. The third kappa shape index (κ3) is 3.28. The molecule has 88 valence electrons. The number of pyridine rings is 1. The number of halogens is 2. The molecule has 2 nitrogen and oxygen atoms in total. The van der Waals surface area contributed by atoms with Crippen LogP contribution in [0.3, 0.4) is 0 Å². The number of benzene rings is 1. The number of nitrogens with two attached hydrogens (primary N) is 1. The monoisotopic (exact) mass is 312 g/mol. The highest BCUT2D eigenvalue weighted by Gasteiger charge is 2.06. The second kappa shape index (κ2) is 5.62. The molecular formula is C12H10BrFN2S. The summed E-state index contributed by atoms with van der Waals surface area (Å²) in [6.45, 7) is 0.346. The van der Waals surface area contributed by atoms with Crippen LogP contribution in [0.1, 0.15) is 5.56 Å². The molecule has 1 aromatic heterocycles. The molecule has 0 atom stereocenters. The van der Waals surface area contributed by atoms with E-state index in [1.807, 2.05) is 18.2 Å². The van der Waals surface area contributed by atoms with E-state index in [-0.39, 0.29) is 5.82 Å². The molecule has 2 rings (SSSR count). The van der Waals surface area contributed by atoms with Gasteiger partial charge in [-0.1, -0.05) is 17.8 Å². The first-order valence-electron chi connectivity index (χ1n) is 4.97. The number of hydrogen-bond donors (Lipinski definition) is 1. The number of nitrogens with zero attached hydrogens (tertiary/aromatic N) is 1. The summed E-state index contributed by atoms with van der Waals surface area (Å²) in [5.41, 5.74) is 6.23. The van der Waals surface area contributed by atoms with Crippen LogP contribution in [0, 0.1) is 5.82 Å². The number of aromatic nitrogens is 1. The third-order valence-electron chi connectivity index (χ3n) is 2.15. The molecule has 0 fully saturated rings. The third-order valence-corrected chi connectivity index (χ3v) is 3.62. The van der Waals surface area contributed by atoms with Crippen LogP contribution < -0.4 is 5.73 Å². The Hall–Kier alpha value is -0.910. The van der Waals surface area contributed by atoms with Crippen molar-refractivity contribution in [3.05, 3.63) is 52.4 Å². The van der Waals surface area contributed by atoms with E-state index in [9.17, 15) is 4.39 Å². The van der Waals surface area contributed by atoms with Crippen molar-refractivity contribution in [3.63, 3.8) is 0 Å². The van der Waals surface area contributed by atoms with E-state index in [2.05, 4.69) is 20.9 Å². The fraction of sp³-hybridized carbons (Fsp3) is 0.0833. The molecule has 0 spiro atoms. The molecule has 5 heteroatoms. The molecule has 0 unspecified atom stereocenters. The lowest BCUT2D eigenvalue weighted by atomic mass is 10.2. The second-order valence-electron chi connectivity index (χ2n) is 3.39. The molecule has 0 radical (unpaired) electrons. The van der Waals surface area contributed by atoms with Crippen LogP contribution in [-0.2, 0) is 6.54 Å². The van der Waals surface area contributed by atoms with Gasteiger partial charge in [0.2, 0.25) is 0 Å². The van der Waals surface area contributed by atoms with Crippen molar-refractivity contribution in [2.45, 2.75) is 16.5 Å². The van der Waals surface area contributed by atoms with Crippen LogP contribution in [0.2, 0.25) is 0 Å². The van der Waals surface area contributed by atoms with Crippen LogP contribution in [0.15, 0.2) is 50.9 Å². The normalized spacial score (nSPS) is 10.5. The van der Waals surface area contributed by atoms with Gasteiger partial charge in [-0.3, -0.25) is 0 Å². The molecule has 0 aliphatic heterocycles. The molecule has 0 bridgehead atoms. The lowest BCUT2D eigenvalue weighted by Gasteiger charge is -2.04. The van der Waals surface area contributed by atoms with Gasteiger partial charge in [-0.15, -0.1) is 0 Å². The van der Waals surface area contributed by atoms with Crippen LogP contribution in [-0.4, -0.2) is 4.98 Å². The number of rotatable bonds is 3. The zero-order valence-electron chi connectivity index (χ0n) is 8.86. The minimum Gasteiger partial charge on any atom is -0.326 e. The molecule has 0 saturated carbocycles. The summed E-state index contributed by atoms with van der Waals surface area (Å²) >= 11 is 4.60. The SMILES string of the molecule is NCc1ccc(Sc2ccc(Br)cn2)c(F)c1. The molecular weight excluding hydrogens is 303 g/mol. The van der Waals surface area contributed by atoms with Crippen LogP contribution in [0.4, 0.5) is 4.39 Å². The fourth-order valence-corrected chi connectivity index (χ4v) is 2.28. The predicted octanol–water partition coefficient (Wildman–Crippen LogP) is 3.59. The Bertz CT molecular complexity index is 516. The van der Waals surface area contributed by atoms with E-state index < -0.39 is 0 Å². The summed E-state index contributed by atoms with van der Waals surface area (Å²) in [6, 6.07) is 8.73. The van der Waals surface area contributed by atoms with Gasteiger partial charge in [0.25, 0.3) is 0 Å². The van der Waals surface area contributed by atoms with Crippen molar-refractivity contribution < 1.29 is 4.39 Å². The Balaban J connectivity index is 2.21. The van der Waals surface area contributed by atoms with Gasteiger partial charge in [0.05, 0.1) is 0 Å². The largest absolute Gasteiger partial charge is 0.326 e. The zero-order chi connectivity index (χ0) is 12.3. The Labute approximate surface area is 112 Å². The highest BCUT2D eigenvalue weighted by Crippen LogP contribution is 2.29. The average molecular weight is 313 g/mol. The quantitative estimate of drug-likeness (QED) is 0.941. The van der Waals surface area contributed by atoms with E-state index in [1.54, 1.807) is 12.3 Å². The predicted molar refractivity (Wildman–Crippen MR) is 70.4 cm³/mol. The molecule has 1 heterocycles. The van der Waals surface area contributed by atoms with Crippen molar-refractivity contribution in [2.24, 2.45) is 5.73 Å². The Morgan fingerprint density at radius 1 is 1.29 bits per heavy atom. The van der Waals surface area contributed by atoms with E-state index in [1.165, 1.54) is 17.8 Å². The first-order valence-corrected chi connectivity index (χ1v) is 6.58. The van der Waals surface area contributed by atoms with Crippen LogP contribution in [0.25, 0.3) is 0 Å². The summed E-state index contributed by atoms with van der Waals surface area (Å²) in [6.07, 6.45) is 1.69. The standard InChI is InChI=1S/C12H10BrFN2S/c13-9-2-4-12(16-7-9)17-11-3-1-8(6-15)5-10(11)14/h1-5,7H,6,15H2. The molecule has 0 amide bonds. The maximum absolute atomic E-state index is 13.7. The minimum absolute atomic E-state index is 0.261. The van der Waals surface area contributed by atoms with E-state index in [4.69, 9.17) is 5.73 Å². The van der Waals surface area contributed by atoms with Gasteiger partial charge >= 0.3 is 0 Å². The first-order chi connectivity index (χ1) is 8.19. The summed E-state index contributed by atoms with van der Waals surface area (Å²) < 4.78 is 14.6. The van der Waals surface area contributed by atoms with Gasteiger partial charge in [-0.25, -0.2) is 9.37 Å². The Morgan fingerprint density at radius 2 is 2.12 bits per heavy atom. The van der Waals surface area contributed by atoms with E-state index in [0.29, 0.717) is 11.4 Å². The van der Waals surface area contributed by atoms with E-state index >= 15 is 0 Å². The first kappa shape index (κ1) is 12.5. The van der Waals surface area contributed by atoms with Crippen molar-refractivity contribution in [3.8, 4) is 0 Å². The number of hydrogen-bond acceptors (Lipinski definition) is 3.